The van der Waals surface area contributed by atoms with Crippen molar-refractivity contribution in [1.29, 1.82) is 0 Å². The van der Waals surface area contributed by atoms with E-state index < -0.39 is 5.41 Å². The molecule has 0 radical (unpaired) electrons. The van der Waals surface area contributed by atoms with Crippen LogP contribution in [0.1, 0.15) is 33.1 Å². The van der Waals surface area contributed by atoms with E-state index >= 15 is 0 Å². The molecule has 0 aromatic carbocycles. The summed E-state index contributed by atoms with van der Waals surface area (Å²) in [5.74, 6) is -0.186. The van der Waals surface area contributed by atoms with Gasteiger partial charge in [-0.25, -0.2) is 0 Å². The Labute approximate surface area is 126 Å². The van der Waals surface area contributed by atoms with Crippen LogP contribution in [0.4, 0.5) is 0 Å². The van der Waals surface area contributed by atoms with Gasteiger partial charge in [-0.3, -0.25) is 14.4 Å². The molecular formula is C15H25N3O3. The molecule has 2 saturated heterocycles. The van der Waals surface area contributed by atoms with Gasteiger partial charge < -0.3 is 14.7 Å². The number of carbonyl (C=O) groups is 3. The standard InChI is InChI=1S/C15H25N3O3/c1-15(2,13(20)17-6-4-3-5-7-17)14(21)18-10-8-16(12-19)9-11-18/h12H,3-11H2,1-2H3. The summed E-state index contributed by atoms with van der Waals surface area (Å²) in [6.45, 7) is 7.06. The number of carbonyl (C=O) groups excluding carboxylic acids is 3. The number of piperidine rings is 1. The van der Waals surface area contributed by atoms with Crippen LogP contribution in [-0.4, -0.2) is 72.2 Å². The second kappa shape index (κ2) is 6.45. The third-order valence-corrected chi connectivity index (χ3v) is 4.46. The molecule has 0 unspecified atom stereocenters. The highest BCUT2D eigenvalue weighted by molar-refractivity contribution is 6.04. The van der Waals surface area contributed by atoms with Crippen molar-refractivity contribution < 1.29 is 14.4 Å². The maximum absolute atomic E-state index is 12.7. The SMILES string of the molecule is CC(C)(C(=O)N1CCCCC1)C(=O)N1CCN(C=O)CC1. The van der Waals surface area contributed by atoms with E-state index in [9.17, 15) is 14.4 Å². The Morgan fingerprint density at radius 3 is 1.76 bits per heavy atom. The van der Waals surface area contributed by atoms with Crippen LogP contribution in [-0.2, 0) is 14.4 Å². The van der Waals surface area contributed by atoms with Crippen molar-refractivity contribution in [2.45, 2.75) is 33.1 Å². The summed E-state index contributed by atoms with van der Waals surface area (Å²) < 4.78 is 0. The highest BCUT2D eigenvalue weighted by Gasteiger charge is 2.42. The van der Waals surface area contributed by atoms with Crippen LogP contribution in [0, 0.1) is 5.41 Å². The van der Waals surface area contributed by atoms with E-state index in [1.165, 1.54) is 0 Å². The summed E-state index contributed by atoms with van der Waals surface area (Å²) in [6.07, 6.45) is 4.01. The van der Waals surface area contributed by atoms with E-state index in [0.717, 1.165) is 38.8 Å². The Morgan fingerprint density at radius 1 is 0.810 bits per heavy atom. The molecule has 0 atom stereocenters. The van der Waals surface area contributed by atoms with Crippen LogP contribution in [0.3, 0.4) is 0 Å². The lowest BCUT2D eigenvalue weighted by molar-refractivity contribution is -0.156. The van der Waals surface area contributed by atoms with Gasteiger partial charge in [-0.15, -0.1) is 0 Å². The molecule has 2 fully saturated rings. The number of likely N-dealkylation sites (tertiary alicyclic amines) is 1. The quantitative estimate of drug-likeness (QED) is 0.557. The molecule has 0 N–H and O–H groups in total. The number of nitrogens with zero attached hydrogens (tertiary/aromatic N) is 3. The van der Waals surface area contributed by atoms with Crippen LogP contribution in [0.15, 0.2) is 0 Å². The Kier molecular flexibility index (Phi) is 4.85. The zero-order chi connectivity index (χ0) is 15.5. The van der Waals surface area contributed by atoms with Gasteiger partial charge >= 0.3 is 0 Å². The molecule has 0 aromatic rings. The molecule has 118 valence electrons. The highest BCUT2D eigenvalue weighted by Crippen LogP contribution is 2.25. The summed E-state index contributed by atoms with van der Waals surface area (Å²) in [7, 11) is 0. The van der Waals surface area contributed by atoms with Crippen molar-refractivity contribution >= 4 is 18.2 Å². The maximum Gasteiger partial charge on any atom is 0.237 e. The summed E-state index contributed by atoms with van der Waals surface area (Å²) in [5, 5.41) is 0. The highest BCUT2D eigenvalue weighted by atomic mass is 16.2. The molecule has 6 heteroatoms. The Morgan fingerprint density at radius 2 is 1.29 bits per heavy atom. The van der Waals surface area contributed by atoms with E-state index in [1.54, 1.807) is 23.6 Å². The van der Waals surface area contributed by atoms with Gasteiger partial charge in [0.1, 0.15) is 5.41 Å². The van der Waals surface area contributed by atoms with Gasteiger partial charge in [-0.1, -0.05) is 0 Å². The van der Waals surface area contributed by atoms with Gasteiger partial charge in [-0.2, -0.15) is 0 Å². The molecule has 2 aliphatic rings. The van der Waals surface area contributed by atoms with Gasteiger partial charge in [0.25, 0.3) is 0 Å². The minimum Gasteiger partial charge on any atom is -0.342 e. The smallest absolute Gasteiger partial charge is 0.237 e. The van der Waals surface area contributed by atoms with Crippen molar-refractivity contribution in [2.24, 2.45) is 5.41 Å². The average molecular weight is 295 g/mol. The summed E-state index contributed by atoms with van der Waals surface area (Å²) in [4.78, 5) is 41.2. The predicted molar refractivity (Wildman–Crippen MR) is 78.4 cm³/mol. The second-order valence-electron chi connectivity index (χ2n) is 6.41. The molecule has 2 rings (SSSR count). The molecule has 2 aliphatic heterocycles. The molecule has 0 aromatic heterocycles. The lowest BCUT2D eigenvalue weighted by Gasteiger charge is -2.39. The van der Waals surface area contributed by atoms with Crippen LogP contribution in [0.5, 0.6) is 0 Å². The fraction of sp³-hybridized carbons (Fsp3) is 0.800. The topological polar surface area (TPSA) is 60.9 Å². The number of hydrogen-bond acceptors (Lipinski definition) is 3. The average Bonchev–Trinajstić information content (AvgIpc) is 2.54. The van der Waals surface area contributed by atoms with E-state index in [1.807, 2.05) is 4.90 Å². The van der Waals surface area contributed by atoms with Crippen molar-refractivity contribution in [2.75, 3.05) is 39.3 Å². The third kappa shape index (κ3) is 3.36. The summed E-state index contributed by atoms with van der Waals surface area (Å²) >= 11 is 0. The molecule has 0 aliphatic carbocycles. The number of amides is 3. The zero-order valence-corrected chi connectivity index (χ0v) is 13.0. The van der Waals surface area contributed by atoms with Crippen molar-refractivity contribution in [3.05, 3.63) is 0 Å². The lowest BCUT2D eigenvalue weighted by atomic mass is 9.88. The molecular weight excluding hydrogens is 270 g/mol. The zero-order valence-electron chi connectivity index (χ0n) is 13.0. The first-order chi connectivity index (χ1) is 9.96. The molecule has 0 saturated carbocycles. The fourth-order valence-corrected chi connectivity index (χ4v) is 3.01. The Hall–Kier alpha value is -1.59. The van der Waals surface area contributed by atoms with Crippen molar-refractivity contribution in [3.63, 3.8) is 0 Å². The molecule has 6 nitrogen and oxygen atoms in total. The maximum atomic E-state index is 12.7. The van der Waals surface area contributed by atoms with E-state index in [0.29, 0.717) is 26.2 Å². The van der Waals surface area contributed by atoms with E-state index in [-0.39, 0.29) is 11.8 Å². The largest absolute Gasteiger partial charge is 0.342 e. The van der Waals surface area contributed by atoms with Crippen LogP contribution in [0.25, 0.3) is 0 Å². The Balaban J connectivity index is 1.99. The van der Waals surface area contributed by atoms with E-state index in [2.05, 4.69) is 0 Å². The van der Waals surface area contributed by atoms with Crippen LogP contribution < -0.4 is 0 Å². The van der Waals surface area contributed by atoms with Crippen LogP contribution in [0.2, 0.25) is 0 Å². The minimum atomic E-state index is -1.01. The number of hydrogen-bond donors (Lipinski definition) is 0. The fourth-order valence-electron chi connectivity index (χ4n) is 3.01. The predicted octanol–water partition coefficient (Wildman–Crippen LogP) is 0.326. The Bertz CT molecular complexity index is 408. The van der Waals surface area contributed by atoms with Crippen molar-refractivity contribution in [1.82, 2.24) is 14.7 Å². The van der Waals surface area contributed by atoms with Gasteiger partial charge in [0.2, 0.25) is 18.2 Å². The van der Waals surface area contributed by atoms with Gasteiger partial charge in [0.15, 0.2) is 0 Å². The van der Waals surface area contributed by atoms with Gasteiger partial charge in [0, 0.05) is 39.3 Å². The molecule has 21 heavy (non-hydrogen) atoms. The van der Waals surface area contributed by atoms with Gasteiger partial charge in [0.05, 0.1) is 0 Å². The van der Waals surface area contributed by atoms with Gasteiger partial charge in [-0.05, 0) is 33.1 Å². The summed E-state index contributed by atoms with van der Waals surface area (Å²) in [6, 6.07) is 0. The van der Waals surface area contributed by atoms with Crippen LogP contribution >= 0.6 is 0 Å². The minimum absolute atomic E-state index is 0.0648. The normalized spacial score (nSPS) is 20.4. The molecule has 3 amide bonds. The monoisotopic (exact) mass is 295 g/mol. The number of piperazine rings is 1. The summed E-state index contributed by atoms with van der Waals surface area (Å²) in [5.41, 5.74) is -1.01. The molecule has 0 spiro atoms. The van der Waals surface area contributed by atoms with Crippen molar-refractivity contribution in [3.8, 4) is 0 Å². The number of rotatable bonds is 3. The third-order valence-electron chi connectivity index (χ3n) is 4.46. The first-order valence-electron chi connectivity index (χ1n) is 7.75. The lowest BCUT2D eigenvalue weighted by Crippen LogP contribution is -2.56. The molecule has 0 bridgehead atoms. The first-order valence-corrected chi connectivity index (χ1v) is 7.75. The first kappa shape index (κ1) is 15.8. The second-order valence-corrected chi connectivity index (χ2v) is 6.41. The molecule has 2 heterocycles. The van der Waals surface area contributed by atoms with E-state index in [4.69, 9.17) is 0 Å².